The maximum Gasteiger partial charge on any atom is 0.339 e. The van der Waals surface area contributed by atoms with Gasteiger partial charge in [-0.1, -0.05) is 46.9 Å². The summed E-state index contributed by atoms with van der Waals surface area (Å²) in [7, 11) is 1.19. The van der Waals surface area contributed by atoms with E-state index in [-0.39, 0.29) is 31.9 Å². The van der Waals surface area contributed by atoms with Crippen molar-refractivity contribution >= 4 is 58.3 Å². The Hall–Kier alpha value is -2.28. The lowest BCUT2D eigenvalue weighted by molar-refractivity contribution is -0.119. The van der Waals surface area contributed by atoms with Gasteiger partial charge < -0.3 is 14.8 Å². The monoisotopic (exact) mass is 415 g/mol. The number of carbonyl (C=O) groups excluding carboxylic acids is 3. The number of ether oxygens (including phenoxy) is 2. The summed E-state index contributed by atoms with van der Waals surface area (Å²) >= 11 is 17.6. The van der Waals surface area contributed by atoms with Crippen molar-refractivity contribution in [1.29, 1.82) is 0 Å². The summed E-state index contributed by atoms with van der Waals surface area (Å²) in [6.45, 7) is -0.592. The lowest BCUT2D eigenvalue weighted by Crippen LogP contribution is -2.22. The highest BCUT2D eigenvalue weighted by Gasteiger charge is 2.19. The van der Waals surface area contributed by atoms with Crippen LogP contribution in [0.15, 0.2) is 36.4 Å². The van der Waals surface area contributed by atoms with Crippen LogP contribution in [0.2, 0.25) is 15.1 Å². The van der Waals surface area contributed by atoms with Crippen LogP contribution in [0.3, 0.4) is 0 Å². The topological polar surface area (TPSA) is 81.7 Å². The predicted molar refractivity (Wildman–Crippen MR) is 98.2 cm³/mol. The number of esters is 2. The van der Waals surface area contributed by atoms with Crippen molar-refractivity contribution < 1.29 is 23.9 Å². The number of carbonyl (C=O) groups is 3. The minimum absolute atomic E-state index is 0.0141. The summed E-state index contributed by atoms with van der Waals surface area (Å²) in [5.41, 5.74) is 0.240. The van der Waals surface area contributed by atoms with Gasteiger partial charge in [0.2, 0.25) is 0 Å². The van der Waals surface area contributed by atoms with Crippen molar-refractivity contribution in [2.45, 2.75) is 0 Å². The Morgan fingerprint density at radius 1 is 0.923 bits per heavy atom. The van der Waals surface area contributed by atoms with E-state index < -0.39 is 24.5 Å². The van der Waals surface area contributed by atoms with E-state index >= 15 is 0 Å². The van der Waals surface area contributed by atoms with Crippen LogP contribution in [0.4, 0.5) is 5.69 Å². The molecule has 0 aromatic heterocycles. The highest BCUT2D eigenvalue weighted by Crippen LogP contribution is 2.32. The molecule has 0 aliphatic carbocycles. The molecule has 1 amide bonds. The van der Waals surface area contributed by atoms with Gasteiger partial charge in [0.1, 0.15) is 0 Å². The predicted octanol–water partition coefficient (Wildman–Crippen LogP) is 4.23. The number of amides is 1. The van der Waals surface area contributed by atoms with Crippen molar-refractivity contribution in [2.75, 3.05) is 19.0 Å². The second kappa shape index (κ2) is 8.89. The third-order valence-electron chi connectivity index (χ3n) is 3.17. The quantitative estimate of drug-likeness (QED) is 0.583. The maximum absolute atomic E-state index is 12.1. The maximum atomic E-state index is 12.1. The first-order chi connectivity index (χ1) is 12.3. The van der Waals surface area contributed by atoms with Gasteiger partial charge in [0.25, 0.3) is 5.91 Å². The Morgan fingerprint density at radius 2 is 1.50 bits per heavy atom. The number of anilines is 1. The number of methoxy groups -OCH3 is 1. The largest absolute Gasteiger partial charge is 0.465 e. The fraction of sp³-hybridized carbons (Fsp3) is 0.118. The van der Waals surface area contributed by atoms with Gasteiger partial charge in [-0.05, 0) is 24.3 Å². The van der Waals surface area contributed by atoms with Crippen LogP contribution >= 0.6 is 34.8 Å². The lowest BCUT2D eigenvalue weighted by Gasteiger charge is -2.10. The van der Waals surface area contributed by atoms with Crippen LogP contribution in [0.25, 0.3) is 0 Å². The van der Waals surface area contributed by atoms with Gasteiger partial charge in [0, 0.05) is 0 Å². The van der Waals surface area contributed by atoms with Crippen LogP contribution in [0, 0.1) is 0 Å². The molecule has 0 aliphatic heterocycles. The number of hydrogen-bond donors (Lipinski definition) is 1. The summed E-state index contributed by atoms with van der Waals surface area (Å²) in [5, 5.41) is 3.07. The molecule has 0 saturated carbocycles. The minimum Gasteiger partial charge on any atom is -0.465 e. The number of halogens is 3. The molecule has 0 unspecified atom stereocenters. The molecule has 0 atom stereocenters. The molecule has 0 fully saturated rings. The summed E-state index contributed by atoms with van der Waals surface area (Å²) < 4.78 is 9.53. The highest BCUT2D eigenvalue weighted by molar-refractivity contribution is 6.44. The Labute approximate surface area is 163 Å². The molecule has 26 heavy (non-hydrogen) atoms. The second-order valence-electron chi connectivity index (χ2n) is 4.91. The Bertz CT molecular complexity index is 869. The van der Waals surface area contributed by atoms with Crippen molar-refractivity contribution in [3.8, 4) is 0 Å². The fourth-order valence-electron chi connectivity index (χ4n) is 1.96. The Morgan fingerprint density at radius 3 is 2.12 bits per heavy atom. The van der Waals surface area contributed by atoms with Crippen LogP contribution in [-0.2, 0) is 14.3 Å². The minimum atomic E-state index is -0.846. The smallest absolute Gasteiger partial charge is 0.339 e. The average Bonchev–Trinajstić information content (AvgIpc) is 2.63. The van der Waals surface area contributed by atoms with Crippen molar-refractivity contribution in [3.05, 3.63) is 62.6 Å². The zero-order valence-corrected chi connectivity index (χ0v) is 15.6. The van der Waals surface area contributed by atoms with Gasteiger partial charge in [0.15, 0.2) is 6.61 Å². The summed E-state index contributed by atoms with van der Waals surface area (Å²) in [6.07, 6.45) is 0. The van der Waals surface area contributed by atoms with E-state index in [0.717, 1.165) is 0 Å². The lowest BCUT2D eigenvalue weighted by atomic mass is 10.1. The zero-order valence-electron chi connectivity index (χ0n) is 13.3. The zero-order chi connectivity index (χ0) is 19.3. The highest BCUT2D eigenvalue weighted by atomic mass is 35.5. The summed E-state index contributed by atoms with van der Waals surface area (Å²) in [6, 6.07) is 8.68. The third-order valence-corrected chi connectivity index (χ3v) is 4.21. The van der Waals surface area contributed by atoms with E-state index in [1.54, 1.807) is 12.1 Å². The molecule has 6 nitrogen and oxygen atoms in total. The van der Waals surface area contributed by atoms with Crippen molar-refractivity contribution in [1.82, 2.24) is 0 Å². The summed E-state index contributed by atoms with van der Waals surface area (Å²) in [4.78, 5) is 35.8. The molecule has 1 N–H and O–H groups in total. The number of rotatable bonds is 5. The van der Waals surface area contributed by atoms with Gasteiger partial charge >= 0.3 is 11.9 Å². The van der Waals surface area contributed by atoms with E-state index in [9.17, 15) is 14.4 Å². The van der Waals surface area contributed by atoms with E-state index in [0.29, 0.717) is 0 Å². The Balaban J connectivity index is 2.03. The molecule has 0 bridgehead atoms. The molecule has 9 heteroatoms. The number of benzene rings is 2. The normalized spacial score (nSPS) is 10.2. The average molecular weight is 417 g/mol. The molecule has 2 aromatic carbocycles. The van der Waals surface area contributed by atoms with Gasteiger partial charge in [-0.3, -0.25) is 4.79 Å². The molecular formula is C17H12Cl3NO5. The molecule has 0 aliphatic rings. The van der Waals surface area contributed by atoms with Crippen molar-refractivity contribution in [3.63, 3.8) is 0 Å². The SMILES string of the molecule is COC(=O)c1ccccc1C(=O)OCC(=O)Nc1cc(Cl)c(Cl)cc1Cl. The number of nitrogens with one attached hydrogen (secondary N) is 1. The molecule has 2 aromatic rings. The molecule has 0 heterocycles. The summed E-state index contributed by atoms with van der Waals surface area (Å²) in [5.74, 6) is -2.18. The van der Waals surface area contributed by atoms with E-state index in [1.807, 2.05) is 0 Å². The molecule has 136 valence electrons. The van der Waals surface area contributed by atoms with Crippen LogP contribution in [0.5, 0.6) is 0 Å². The van der Waals surface area contributed by atoms with E-state index in [4.69, 9.17) is 39.5 Å². The first-order valence-corrected chi connectivity index (χ1v) is 8.25. The molecule has 2 rings (SSSR count). The van der Waals surface area contributed by atoms with Crippen LogP contribution < -0.4 is 5.32 Å². The molecule has 0 radical (unpaired) electrons. The standard InChI is InChI=1S/C17H12Cl3NO5/c1-25-16(23)9-4-2-3-5-10(9)17(24)26-8-15(22)21-14-7-12(19)11(18)6-13(14)20/h2-7H,8H2,1H3,(H,21,22). The first kappa shape index (κ1) is 20.0. The molecular weight excluding hydrogens is 405 g/mol. The van der Waals surface area contributed by atoms with Gasteiger partial charge in [-0.2, -0.15) is 0 Å². The van der Waals surface area contributed by atoms with Gasteiger partial charge in [-0.15, -0.1) is 0 Å². The van der Waals surface area contributed by atoms with E-state index in [1.165, 1.54) is 31.4 Å². The first-order valence-electron chi connectivity index (χ1n) is 7.12. The number of hydrogen-bond acceptors (Lipinski definition) is 5. The third kappa shape index (κ3) is 4.88. The fourth-order valence-corrected chi connectivity index (χ4v) is 2.56. The van der Waals surface area contributed by atoms with Crippen molar-refractivity contribution in [2.24, 2.45) is 0 Å². The second-order valence-corrected chi connectivity index (χ2v) is 6.13. The van der Waals surface area contributed by atoms with Gasteiger partial charge in [0.05, 0.1) is 39.0 Å². The molecule has 0 saturated heterocycles. The van der Waals surface area contributed by atoms with Gasteiger partial charge in [-0.25, -0.2) is 9.59 Å². The van der Waals surface area contributed by atoms with Crippen LogP contribution in [-0.4, -0.2) is 31.6 Å². The van der Waals surface area contributed by atoms with Crippen LogP contribution in [0.1, 0.15) is 20.7 Å². The van der Waals surface area contributed by atoms with E-state index in [2.05, 4.69) is 10.1 Å². The Kier molecular flexibility index (Phi) is 6.85. The molecule has 0 spiro atoms.